The van der Waals surface area contributed by atoms with E-state index < -0.39 is 6.10 Å². The molecule has 1 atom stereocenters. The first-order chi connectivity index (χ1) is 8.09. The Morgan fingerprint density at radius 3 is 2.00 bits per heavy atom. The van der Waals surface area contributed by atoms with Crippen LogP contribution in [0.3, 0.4) is 0 Å². The quantitative estimate of drug-likeness (QED) is 0.802. The summed E-state index contributed by atoms with van der Waals surface area (Å²) in [5.41, 5.74) is 8.10. The van der Waals surface area contributed by atoms with Gasteiger partial charge in [0.05, 0.1) is 5.69 Å². The highest BCUT2D eigenvalue weighted by atomic mass is 79.9. The van der Waals surface area contributed by atoms with Crippen molar-refractivity contribution in [1.82, 2.24) is 0 Å². The molecule has 0 spiro atoms. The van der Waals surface area contributed by atoms with Crippen LogP contribution in [0.25, 0.3) is 0 Å². The van der Waals surface area contributed by atoms with Gasteiger partial charge in [-0.2, -0.15) is 0 Å². The van der Waals surface area contributed by atoms with E-state index in [1.54, 1.807) is 0 Å². The molecule has 1 unspecified atom stereocenters. The topological polar surface area (TPSA) is 46.2 Å². The van der Waals surface area contributed by atoms with Gasteiger partial charge in [0, 0.05) is 8.95 Å². The molecule has 0 radical (unpaired) electrons. The van der Waals surface area contributed by atoms with Crippen LogP contribution in [-0.2, 0) is 0 Å². The molecule has 4 heteroatoms. The van der Waals surface area contributed by atoms with Crippen LogP contribution in [0, 0.1) is 0 Å². The molecule has 2 aromatic carbocycles. The van der Waals surface area contributed by atoms with Gasteiger partial charge in [-0.3, -0.25) is 0 Å². The summed E-state index contributed by atoms with van der Waals surface area (Å²) in [6, 6.07) is 13.2. The molecule has 0 heterocycles. The Morgan fingerprint density at radius 2 is 1.47 bits per heavy atom. The summed E-state index contributed by atoms with van der Waals surface area (Å²) in [6.45, 7) is 0. The largest absolute Gasteiger partial charge is 0.397 e. The van der Waals surface area contributed by atoms with Crippen molar-refractivity contribution < 1.29 is 5.11 Å². The molecule has 2 nitrogen and oxygen atoms in total. The van der Waals surface area contributed by atoms with Gasteiger partial charge < -0.3 is 10.8 Å². The highest BCUT2D eigenvalue weighted by Gasteiger charge is 2.13. The van der Waals surface area contributed by atoms with E-state index in [9.17, 15) is 5.11 Å². The van der Waals surface area contributed by atoms with Crippen molar-refractivity contribution in [1.29, 1.82) is 0 Å². The van der Waals surface area contributed by atoms with Gasteiger partial charge in [0.15, 0.2) is 0 Å². The van der Waals surface area contributed by atoms with Gasteiger partial charge in [0.25, 0.3) is 0 Å². The molecule has 2 aromatic rings. The van der Waals surface area contributed by atoms with E-state index in [-0.39, 0.29) is 0 Å². The second kappa shape index (κ2) is 5.21. The predicted molar refractivity (Wildman–Crippen MR) is 76.8 cm³/mol. The summed E-state index contributed by atoms with van der Waals surface area (Å²) < 4.78 is 1.55. The van der Waals surface area contributed by atoms with Crippen LogP contribution in [0.4, 0.5) is 5.69 Å². The molecule has 0 saturated carbocycles. The first kappa shape index (κ1) is 12.6. The number of hydrogen-bond acceptors (Lipinski definition) is 2. The van der Waals surface area contributed by atoms with Gasteiger partial charge in [0.2, 0.25) is 0 Å². The summed E-state index contributed by atoms with van der Waals surface area (Å²) in [4.78, 5) is 0. The summed E-state index contributed by atoms with van der Waals surface area (Å²) in [5.74, 6) is 0. The van der Waals surface area contributed by atoms with Crippen LogP contribution in [0.2, 0.25) is 0 Å². The zero-order chi connectivity index (χ0) is 12.4. The summed E-state index contributed by atoms with van der Waals surface area (Å²) in [7, 11) is 0. The fourth-order valence-corrected chi connectivity index (χ4v) is 2.81. The molecule has 0 aromatic heterocycles. The minimum atomic E-state index is -0.649. The zero-order valence-electron chi connectivity index (χ0n) is 8.90. The number of nitrogen functional groups attached to an aromatic ring is 1. The van der Waals surface area contributed by atoms with E-state index in [0.717, 1.165) is 20.1 Å². The second-order valence-corrected chi connectivity index (χ2v) is 5.42. The van der Waals surface area contributed by atoms with E-state index in [4.69, 9.17) is 5.73 Å². The smallest absolute Gasteiger partial charge is 0.104 e. The first-order valence-electron chi connectivity index (χ1n) is 5.07. The molecular weight excluding hydrogens is 346 g/mol. The monoisotopic (exact) mass is 355 g/mol. The minimum absolute atomic E-state index is 0.633. The van der Waals surface area contributed by atoms with Crippen molar-refractivity contribution in [3.8, 4) is 0 Å². The van der Waals surface area contributed by atoms with E-state index in [1.807, 2.05) is 42.5 Å². The van der Waals surface area contributed by atoms with Gasteiger partial charge in [-0.25, -0.2) is 0 Å². The lowest BCUT2D eigenvalue weighted by Gasteiger charge is -2.13. The third kappa shape index (κ3) is 2.70. The maximum atomic E-state index is 10.2. The Balaban J connectivity index is 2.41. The number of aliphatic hydroxyl groups is 1. The molecular formula is C13H11Br2NO. The van der Waals surface area contributed by atoms with Crippen molar-refractivity contribution in [2.24, 2.45) is 0 Å². The summed E-state index contributed by atoms with van der Waals surface area (Å²) in [5, 5.41) is 10.2. The molecule has 0 fully saturated rings. The number of anilines is 1. The normalized spacial score (nSPS) is 12.4. The van der Waals surface area contributed by atoms with E-state index in [2.05, 4.69) is 31.9 Å². The molecule has 3 N–H and O–H groups in total. The van der Waals surface area contributed by atoms with Crippen molar-refractivity contribution in [2.75, 3.05) is 5.73 Å². The number of halogens is 2. The van der Waals surface area contributed by atoms with Crippen LogP contribution in [0.5, 0.6) is 0 Å². The molecule has 88 valence electrons. The first-order valence-corrected chi connectivity index (χ1v) is 6.65. The number of aliphatic hydroxyl groups excluding tert-OH is 1. The fraction of sp³-hybridized carbons (Fsp3) is 0.0769. The van der Waals surface area contributed by atoms with Crippen LogP contribution < -0.4 is 5.73 Å². The van der Waals surface area contributed by atoms with Crippen molar-refractivity contribution in [3.63, 3.8) is 0 Å². The van der Waals surface area contributed by atoms with Gasteiger partial charge >= 0.3 is 0 Å². The van der Waals surface area contributed by atoms with Crippen molar-refractivity contribution >= 4 is 37.5 Å². The summed E-state index contributed by atoms with van der Waals surface area (Å²) >= 11 is 6.74. The van der Waals surface area contributed by atoms with Crippen LogP contribution >= 0.6 is 31.9 Å². The fourth-order valence-electron chi connectivity index (χ4n) is 1.59. The molecule has 0 saturated heterocycles. The molecule has 0 aliphatic rings. The molecule has 2 rings (SSSR count). The Kier molecular flexibility index (Phi) is 3.86. The number of benzene rings is 2. The number of nitrogens with two attached hydrogens (primary N) is 1. The van der Waals surface area contributed by atoms with Gasteiger partial charge in [-0.05, 0) is 55.1 Å². The highest BCUT2D eigenvalue weighted by Crippen LogP contribution is 2.33. The van der Waals surface area contributed by atoms with Crippen molar-refractivity contribution in [3.05, 3.63) is 62.5 Å². The SMILES string of the molecule is Nc1c(Br)cc(C(O)c2ccccc2)cc1Br. The molecule has 0 aliphatic carbocycles. The van der Waals surface area contributed by atoms with Gasteiger partial charge in [-0.15, -0.1) is 0 Å². The number of hydrogen-bond donors (Lipinski definition) is 2. The van der Waals surface area contributed by atoms with E-state index in [0.29, 0.717) is 5.69 Å². The third-order valence-electron chi connectivity index (χ3n) is 2.53. The molecule has 0 bridgehead atoms. The lowest BCUT2D eigenvalue weighted by molar-refractivity contribution is 0.220. The highest BCUT2D eigenvalue weighted by molar-refractivity contribution is 9.11. The third-order valence-corrected chi connectivity index (χ3v) is 3.84. The second-order valence-electron chi connectivity index (χ2n) is 3.71. The van der Waals surface area contributed by atoms with Crippen LogP contribution in [0.15, 0.2) is 51.4 Å². The van der Waals surface area contributed by atoms with E-state index in [1.165, 1.54) is 0 Å². The molecule has 0 amide bonds. The predicted octanol–water partition coefficient (Wildman–Crippen LogP) is 3.88. The lowest BCUT2D eigenvalue weighted by atomic mass is 10.0. The lowest BCUT2D eigenvalue weighted by Crippen LogP contribution is -2.01. The molecule has 17 heavy (non-hydrogen) atoms. The average molecular weight is 357 g/mol. The Bertz CT molecular complexity index is 505. The maximum Gasteiger partial charge on any atom is 0.104 e. The average Bonchev–Trinajstić information content (AvgIpc) is 2.35. The van der Waals surface area contributed by atoms with E-state index >= 15 is 0 Å². The van der Waals surface area contributed by atoms with Crippen LogP contribution in [-0.4, -0.2) is 5.11 Å². The van der Waals surface area contributed by atoms with Gasteiger partial charge in [0.1, 0.15) is 6.10 Å². The number of rotatable bonds is 2. The van der Waals surface area contributed by atoms with Crippen molar-refractivity contribution in [2.45, 2.75) is 6.10 Å². The Labute approximate surface area is 117 Å². The van der Waals surface area contributed by atoms with Crippen LogP contribution in [0.1, 0.15) is 17.2 Å². The zero-order valence-corrected chi connectivity index (χ0v) is 12.1. The molecule has 0 aliphatic heterocycles. The minimum Gasteiger partial charge on any atom is -0.397 e. The Hall–Kier alpha value is -0.840. The van der Waals surface area contributed by atoms with Gasteiger partial charge in [-0.1, -0.05) is 30.3 Å². The maximum absolute atomic E-state index is 10.2. The standard InChI is InChI=1S/C13H11Br2NO/c14-10-6-9(7-11(15)12(10)16)13(17)8-4-2-1-3-5-8/h1-7,13,17H,16H2. The Morgan fingerprint density at radius 1 is 0.941 bits per heavy atom. The summed E-state index contributed by atoms with van der Waals surface area (Å²) in [6.07, 6.45) is -0.649.